The Bertz CT molecular complexity index is 837. The van der Waals surface area contributed by atoms with Gasteiger partial charge in [-0.2, -0.15) is 0 Å². The highest BCUT2D eigenvalue weighted by molar-refractivity contribution is 5.94. The third-order valence-electron chi connectivity index (χ3n) is 5.41. The average molecular weight is 367 g/mol. The van der Waals surface area contributed by atoms with Crippen LogP contribution in [0.2, 0.25) is 0 Å². The van der Waals surface area contributed by atoms with E-state index in [1.54, 1.807) is 16.8 Å². The first kappa shape index (κ1) is 17.9. The van der Waals surface area contributed by atoms with Gasteiger partial charge in [-0.1, -0.05) is 30.3 Å². The molecule has 142 valence electrons. The second-order valence-corrected chi connectivity index (χ2v) is 7.38. The second kappa shape index (κ2) is 8.06. The molecule has 2 aliphatic rings. The zero-order valence-electron chi connectivity index (χ0n) is 15.3. The maximum Gasteiger partial charge on any atom is 0.252 e. The number of carbonyl (C=O) groups excluding carboxylic acids is 1. The predicted octanol–water partition coefficient (Wildman–Crippen LogP) is 1.51. The van der Waals surface area contributed by atoms with E-state index < -0.39 is 0 Å². The van der Waals surface area contributed by atoms with E-state index in [0.717, 1.165) is 19.4 Å². The van der Waals surface area contributed by atoms with Crippen molar-refractivity contribution in [1.29, 1.82) is 0 Å². The molecule has 6 nitrogen and oxygen atoms in total. The van der Waals surface area contributed by atoms with E-state index in [-0.39, 0.29) is 23.6 Å². The van der Waals surface area contributed by atoms with E-state index in [0.29, 0.717) is 31.2 Å². The normalized spacial score (nSPS) is 24.8. The molecule has 27 heavy (non-hydrogen) atoms. The monoisotopic (exact) mass is 367 g/mol. The van der Waals surface area contributed by atoms with Gasteiger partial charge in [-0.3, -0.25) is 9.59 Å². The topological polar surface area (TPSA) is 72.4 Å². The van der Waals surface area contributed by atoms with Gasteiger partial charge in [-0.25, -0.2) is 0 Å². The summed E-state index contributed by atoms with van der Waals surface area (Å²) in [4.78, 5) is 24.7. The number of ether oxygens (including phenoxy) is 1. The summed E-state index contributed by atoms with van der Waals surface area (Å²) in [5.74, 6) is 0.399. The van der Waals surface area contributed by atoms with E-state index in [1.165, 1.54) is 11.6 Å². The number of hydrogen-bond acceptors (Lipinski definition) is 4. The number of benzene rings is 1. The van der Waals surface area contributed by atoms with E-state index >= 15 is 0 Å². The molecule has 2 N–H and O–H groups in total. The third kappa shape index (κ3) is 4.28. The Labute approximate surface area is 158 Å². The minimum atomic E-state index is -0.117. The van der Waals surface area contributed by atoms with Gasteiger partial charge in [-0.15, -0.1) is 0 Å². The van der Waals surface area contributed by atoms with Crippen molar-refractivity contribution in [2.24, 2.45) is 0 Å². The van der Waals surface area contributed by atoms with Crippen LogP contribution in [0.1, 0.15) is 34.7 Å². The van der Waals surface area contributed by atoms with Gasteiger partial charge in [0.2, 0.25) is 0 Å². The van der Waals surface area contributed by atoms with E-state index in [9.17, 15) is 9.59 Å². The Hall–Kier alpha value is -2.44. The Balaban J connectivity index is 1.35. The lowest BCUT2D eigenvalue weighted by molar-refractivity contribution is 0.0710. The zero-order chi connectivity index (χ0) is 18.6. The van der Waals surface area contributed by atoms with Crippen molar-refractivity contribution in [3.63, 3.8) is 0 Å². The van der Waals surface area contributed by atoms with Crippen LogP contribution < -0.4 is 16.2 Å². The summed E-state index contributed by atoms with van der Waals surface area (Å²) in [5, 5.41) is 6.42. The lowest BCUT2D eigenvalue weighted by Crippen LogP contribution is -2.45. The van der Waals surface area contributed by atoms with Crippen LogP contribution in [-0.4, -0.2) is 42.3 Å². The van der Waals surface area contributed by atoms with E-state index in [1.807, 2.05) is 6.07 Å². The van der Waals surface area contributed by atoms with Crippen LogP contribution in [0.4, 0.5) is 0 Å². The fourth-order valence-electron chi connectivity index (χ4n) is 3.78. The molecule has 0 spiro atoms. The molecule has 0 unspecified atom stereocenters. The van der Waals surface area contributed by atoms with Gasteiger partial charge in [0.05, 0.1) is 18.8 Å². The Kier molecular flexibility index (Phi) is 5.36. The van der Waals surface area contributed by atoms with Gasteiger partial charge in [0, 0.05) is 37.4 Å². The molecule has 1 aliphatic heterocycles. The van der Waals surface area contributed by atoms with Crippen LogP contribution >= 0.6 is 0 Å². The maximum atomic E-state index is 12.6. The van der Waals surface area contributed by atoms with Crippen molar-refractivity contribution in [3.8, 4) is 0 Å². The van der Waals surface area contributed by atoms with Crippen LogP contribution in [0.15, 0.2) is 53.5 Å². The fourth-order valence-corrected chi connectivity index (χ4v) is 3.78. The Morgan fingerprint density at radius 2 is 2.00 bits per heavy atom. The highest BCUT2D eigenvalue weighted by Gasteiger charge is 2.31. The van der Waals surface area contributed by atoms with Gasteiger partial charge < -0.3 is 19.9 Å². The smallest absolute Gasteiger partial charge is 0.252 e. The Morgan fingerprint density at radius 3 is 2.74 bits per heavy atom. The molecule has 2 aromatic rings. The molecule has 0 bridgehead atoms. The highest BCUT2D eigenvalue weighted by Crippen LogP contribution is 2.36. The van der Waals surface area contributed by atoms with Crippen molar-refractivity contribution < 1.29 is 9.53 Å². The fraction of sp³-hybridized carbons (Fsp3) is 0.429. The number of rotatable bonds is 5. The van der Waals surface area contributed by atoms with E-state index in [2.05, 4.69) is 34.9 Å². The van der Waals surface area contributed by atoms with Crippen LogP contribution in [0.25, 0.3) is 0 Å². The molecule has 1 aliphatic carbocycles. The van der Waals surface area contributed by atoms with Crippen molar-refractivity contribution in [1.82, 2.24) is 15.2 Å². The molecule has 1 aromatic heterocycles. The van der Waals surface area contributed by atoms with Crippen LogP contribution in [-0.2, 0) is 11.3 Å². The minimum absolute atomic E-state index is 0.0908. The predicted molar refractivity (Wildman–Crippen MR) is 103 cm³/mol. The van der Waals surface area contributed by atoms with Crippen molar-refractivity contribution >= 4 is 5.91 Å². The zero-order valence-corrected chi connectivity index (χ0v) is 15.3. The molecule has 6 heteroatoms. The van der Waals surface area contributed by atoms with Gasteiger partial charge in [0.25, 0.3) is 11.5 Å². The van der Waals surface area contributed by atoms with Crippen molar-refractivity contribution in [2.75, 3.05) is 19.8 Å². The maximum absolute atomic E-state index is 12.6. The number of pyridine rings is 1. The largest absolute Gasteiger partial charge is 0.378 e. The van der Waals surface area contributed by atoms with Crippen LogP contribution in [0, 0.1) is 0 Å². The molecule has 1 atom stereocenters. The quantitative estimate of drug-likeness (QED) is 0.840. The first-order valence-corrected chi connectivity index (χ1v) is 9.56. The summed E-state index contributed by atoms with van der Waals surface area (Å²) < 4.78 is 7.03. The lowest BCUT2D eigenvalue weighted by atomic mass is 9.76. The van der Waals surface area contributed by atoms with Crippen molar-refractivity contribution in [2.45, 2.75) is 37.4 Å². The summed E-state index contributed by atoms with van der Waals surface area (Å²) >= 11 is 0. The molecule has 0 radical (unpaired) electrons. The third-order valence-corrected chi connectivity index (χ3v) is 5.41. The first-order valence-electron chi connectivity index (χ1n) is 9.56. The number of carbonyl (C=O) groups is 1. The van der Waals surface area contributed by atoms with Gasteiger partial charge >= 0.3 is 0 Å². The standard InChI is InChI=1S/C21H25N3O3/c25-20-7-6-16(12-24(20)13-19-14-27-9-8-22-19)21(26)23-18-10-17(11-18)15-4-2-1-3-5-15/h1-7,12,17-19,22H,8-11,13-14H2,(H,23,26)/t17?,18?,19-/m1/s1. The van der Waals surface area contributed by atoms with Crippen LogP contribution in [0.3, 0.4) is 0 Å². The SMILES string of the molecule is O=C(NC1CC(c2ccccc2)C1)c1ccc(=O)n(C[C@@H]2COCCN2)c1. The lowest BCUT2D eigenvalue weighted by Gasteiger charge is -2.36. The van der Waals surface area contributed by atoms with E-state index in [4.69, 9.17) is 4.74 Å². The van der Waals surface area contributed by atoms with Crippen molar-refractivity contribution in [3.05, 3.63) is 70.1 Å². The molecule has 1 saturated carbocycles. The van der Waals surface area contributed by atoms with Crippen LogP contribution in [0.5, 0.6) is 0 Å². The second-order valence-electron chi connectivity index (χ2n) is 7.38. The molecule has 2 heterocycles. The molecule has 1 amide bonds. The molecular weight excluding hydrogens is 342 g/mol. The summed E-state index contributed by atoms with van der Waals surface area (Å²) in [6.07, 6.45) is 3.57. The summed E-state index contributed by atoms with van der Waals surface area (Å²) in [5.41, 5.74) is 1.75. The number of hydrogen-bond donors (Lipinski definition) is 2. The molecule has 4 rings (SSSR count). The van der Waals surface area contributed by atoms with Gasteiger partial charge in [-0.05, 0) is 30.4 Å². The number of nitrogens with one attached hydrogen (secondary N) is 2. The highest BCUT2D eigenvalue weighted by atomic mass is 16.5. The molecular formula is C21H25N3O3. The minimum Gasteiger partial charge on any atom is -0.378 e. The number of amides is 1. The molecule has 1 saturated heterocycles. The average Bonchev–Trinajstić information content (AvgIpc) is 2.67. The Morgan fingerprint density at radius 1 is 1.19 bits per heavy atom. The number of nitrogens with zero attached hydrogens (tertiary/aromatic N) is 1. The van der Waals surface area contributed by atoms with Gasteiger partial charge in [0.15, 0.2) is 0 Å². The summed E-state index contributed by atoms with van der Waals surface area (Å²) in [7, 11) is 0. The summed E-state index contributed by atoms with van der Waals surface area (Å²) in [6.45, 7) is 2.55. The molecule has 1 aromatic carbocycles. The number of aromatic nitrogens is 1. The summed E-state index contributed by atoms with van der Waals surface area (Å²) in [6, 6.07) is 13.8. The molecule has 2 fully saturated rings. The first-order chi connectivity index (χ1) is 13.2. The van der Waals surface area contributed by atoms with Gasteiger partial charge in [0.1, 0.15) is 0 Å². The number of morpholine rings is 1.